The summed E-state index contributed by atoms with van der Waals surface area (Å²) in [6, 6.07) is 8.50. The Morgan fingerprint density at radius 3 is 2.29 bits per heavy atom. The monoisotopic (exact) mass is 491 g/mol. The summed E-state index contributed by atoms with van der Waals surface area (Å²) in [4.78, 5) is 13.5. The van der Waals surface area contributed by atoms with E-state index in [1.807, 2.05) is 13.0 Å². The summed E-state index contributed by atoms with van der Waals surface area (Å²) in [6.45, 7) is 5.44. The minimum atomic E-state index is -4.53. The summed E-state index contributed by atoms with van der Waals surface area (Å²) in [6.07, 6.45) is 1.82. The van der Waals surface area contributed by atoms with E-state index >= 15 is 0 Å². The number of fused-ring (bicyclic) bond motifs is 1. The molecular formula is C28H36F3NO3. The van der Waals surface area contributed by atoms with Crippen LogP contribution >= 0.6 is 0 Å². The Hall–Kier alpha value is -2.28. The lowest BCUT2D eigenvalue weighted by Crippen LogP contribution is -2.38. The van der Waals surface area contributed by atoms with Gasteiger partial charge in [-0.15, -0.1) is 0 Å². The lowest BCUT2D eigenvalue weighted by atomic mass is 9.86. The third-order valence-corrected chi connectivity index (χ3v) is 8.05. The Balaban J connectivity index is 1.64. The van der Waals surface area contributed by atoms with Crippen LogP contribution < -0.4 is 4.74 Å². The van der Waals surface area contributed by atoms with E-state index in [0.29, 0.717) is 37.2 Å². The fraction of sp³-hybridized carbons (Fsp3) is 0.607. The molecular weight excluding hydrogens is 455 g/mol. The first kappa shape index (κ1) is 25.8. The first-order chi connectivity index (χ1) is 16.7. The number of carboxylic acids is 1. The number of piperidine rings is 1. The number of nitrogens with zero attached hydrogens (tertiary/aromatic N) is 1. The fourth-order valence-electron chi connectivity index (χ4n) is 5.92. The van der Waals surface area contributed by atoms with E-state index in [-0.39, 0.29) is 29.2 Å². The number of halogens is 3. The Labute approximate surface area is 205 Å². The molecule has 0 amide bonds. The SMILES string of the molecule is CCC1CCC(Oc2ccc3ccc(C(CC)N4CCC(C(=O)O)CC4)cc3c2C(F)(F)F)CC1. The summed E-state index contributed by atoms with van der Waals surface area (Å²) in [5, 5.41) is 10.0. The topological polar surface area (TPSA) is 49.8 Å². The van der Waals surface area contributed by atoms with Gasteiger partial charge in [-0.1, -0.05) is 38.5 Å². The maximum Gasteiger partial charge on any atom is 0.420 e. The molecule has 1 heterocycles. The van der Waals surface area contributed by atoms with Crippen molar-refractivity contribution in [2.45, 2.75) is 83.5 Å². The van der Waals surface area contributed by atoms with Gasteiger partial charge < -0.3 is 9.84 Å². The second kappa shape index (κ2) is 10.8. The molecule has 0 bridgehead atoms. The van der Waals surface area contributed by atoms with Crippen LogP contribution in [0.15, 0.2) is 30.3 Å². The van der Waals surface area contributed by atoms with Gasteiger partial charge in [-0.2, -0.15) is 13.2 Å². The standard InChI is InChI=1S/C28H36F3NO3/c1-3-18-5-10-22(11-6-18)35-25-12-9-19-7-8-21(17-23(19)26(25)28(29,30)31)24(4-2)32-15-13-20(14-16-32)27(33)34/h7-9,12,17-18,20,22,24H,3-6,10-11,13-16H2,1-2H3,(H,33,34). The zero-order valence-corrected chi connectivity index (χ0v) is 20.6. The zero-order chi connectivity index (χ0) is 25.2. The highest BCUT2D eigenvalue weighted by Crippen LogP contribution is 2.44. The molecule has 1 unspecified atom stereocenters. The smallest absolute Gasteiger partial charge is 0.420 e. The predicted octanol–water partition coefficient (Wildman–Crippen LogP) is 7.45. The number of likely N-dealkylation sites (tertiary alicyclic amines) is 1. The van der Waals surface area contributed by atoms with E-state index in [2.05, 4.69) is 11.8 Å². The Kier molecular flexibility index (Phi) is 7.94. The van der Waals surface area contributed by atoms with E-state index in [4.69, 9.17) is 4.74 Å². The molecule has 4 nitrogen and oxygen atoms in total. The quantitative estimate of drug-likeness (QED) is 0.437. The minimum Gasteiger partial charge on any atom is -0.490 e. The lowest BCUT2D eigenvalue weighted by Gasteiger charge is -2.36. The molecule has 0 aromatic heterocycles. The highest BCUT2D eigenvalue weighted by Gasteiger charge is 2.38. The van der Waals surface area contributed by atoms with E-state index in [9.17, 15) is 23.1 Å². The van der Waals surface area contributed by atoms with Crippen LogP contribution in [0.25, 0.3) is 10.8 Å². The van der Waals surface area contributed by atoms with E-state index in [1.165, 1.54) is 6.07 Å². The lowest BCUT2D eigenvalue weighted by molar-refractivity contribution is -0.143. The fourth-order valence-corrected chi connectivity index (χ4v) is 5.92. The third kappa shape index (κ3) is 5.76. The normalized spacial score (nSPS) is 23.3. The Morgan fingerprint density at radius 2 is 1.71 bits per heavy atom. The summed E-state index contributed by atoms with van der Waals surface area (Å²) in [5.74, 6) is -0.543. The van der Waals surface area contributed by atoms with Crippen molar-refractivity contribution < 1.29 is 27.8 Å². The van der Waals surface area contributed by atoms with Crippen molar-refractivity contribution in [3.8, 4) is 5.75 Å². The van der Waals surface area contributed by atoms with Gasteiger partial charge in [0, 0.05) is 6.04 Å². The average Bonchev–Trinajstić information content (AvgIpc) is 2.84. The zero-order valence-electron chi connectivity index (χ0n) is 20.6. The van der Waals surface area contributed by atoms with Crippen LogP contribution in [0.2, 0.25) is 0 Å². The molecule has 2 fully saturated rings. The number of hydrogen-bond acceptors (Lipinski definition) is 3. The first-order valence-corrected chi connectivity index (χ1v) is 13.0. The number of alkyl halides is 3. The molecule has 0 radical (unpaired) electrons. The van der Waals surface area contributed by atoms with Crippen LogP contribution in [0.4, 0.5) is 13.2 Å². The molecule has 1 atom stereocenters. The van der Waals surface area contributed by atoms with Gasteiger partial charge in [0.15, 0.2) is 0 Å². The van der Waals surface area contributed by atoms with Crippen LogP contribution in [0.5, 0.6) is 5.75 Å². The van der Waals surface area contributed by atoms with Gasteiger partial charge in [-0.05, 0) is 92.4 Å². The molecule has 192 valence electrons. The van der Waals surface area contributed by atoms with Crippen LogP contribution in [0, 0.1) is 11.8 Å². The number of carbonyl (C=O) groups is 1. The van der Waals surface area contributed by atoms with Gasteiger partial charge in [0.2, 0.25) is 0 Å². The van der Waals surface area contributed by atoms with Gasteiger partial charge in [-0.3, -0.25) is 9.69 Å². The molecule has 1 N–H and O–H groups in total. The first-order valence-electron chi connectivity index (χ1n) is 13.0. The Morgan fingerprint density at radius 1 is 1.06 bits per heavy atom. The van der Waals surface area contributed by atoms with Crippen LogP contribution in [0.3, 0.4) is 0 Å². The molecule has 1 saturated heterocycles. The van der Waals surface area contributed by atoms with Gasteiger partial charge in [-0.25, -0.2) is 0 Å². The summed E-state index contributed by atoms with van der Waals surface area (Å²) < 4.78 is 49.2. The van der Waals surface area contributed by atoms with Crippen LogP contribution in [0.1, 0.15) is 82.4 Å². The van der Waals surface area contributed by atoms with Gasteiger partial charge in [0.1, 0.15) is 11.3 Å². The van der Waals surface area contributed by atoms with Crippen molar-refractivity contribution >= 4 is 16.7 Å². The average molecular weight is 492 g/mol. The van der Waals surface area contributed by atoms with Crippen LogP contribution in [-0.4, -0.2) is 35.2 Å². The van der Waals surface area contributed by atoms with Gasteiger partial charge in [0.05, 0.1) is 12.0 Å². The molecule has 4 rings (SSSR count). The van der Waals surface area contributed by atoms with Gasteiger partial charge in [0.25, 0.3) is 0 Å². The van der Waals surface area contributed by atoms with Crippen molar-refractivity contribution in [1.82, 2.24) is 4.90 Å². The molecule has 2 aromatic rings. The number of rotatable bonds is 7. The van der Waals surface area contributed by atoms with Crippen molar-refractivity contribution in [2.75, 3.05) is 13.1 Å². The number of hydrogen-bond donors (Lipinski definition) is 1. The van der Waals surface area contributed by atoms with Gasteiger partial charge >= 0.3 is 12.1 Å². The van der Waals surface area contributed by atoms with Crippen molar-refractivity contribution in [1.29, 1.82) is 0 Å². The Bertz CT molecular complexity index is 1020. The van der Waals surface area contributed by atoms with E-state index in [1.54, 1.807) is 18.2 Å². The molecule has 2 aliphatic rings. The predicted molar refractivity (Wildman–Crippen MR) is 131 cm³/mol. The molecule has 35 heavy (non-hydrogen) atoms. The highest BCUT2D eigenvalue weighted by atomic mass is 19.4. The third-order valence-electron chi connectivity index (χ3n) is 8.05. The van der Waals surface area contributed by atoms with Crippen LogP contribution in [-0.2, 0) is 11.0 Å². The summed E-state index contributed by atoms with van der Waals surface area (Å²) in [5.41, 5.74) is 0.147. The second-order valence-electron chi connectivity index (χ2n) is 10.2. The molecule has 1 aliphatic heterocycles. The maximum absolute atomic E-state index is 14.4. The molecule has 2 aromatic carbocycles. The minimum absolute atomic E-state index is 0.0517. The molecule has 1 aliphatic carbocycles. The van der Waals surface area contributed by atoms with Crippen molar-refractivity contribution in [2.24, 2.45) is 11.8 Å². The summed E-state index contributed by atoms with van der Waals surface area (Å²) >= 11 is 0. The largest absolute Gasteiger partial charge is 0.490 e. The summed E-state index contributed by atoms with van der Waals surface area (Å²) in [7, 11) is 0. The highest BCUT2D eigenvalue weighted by molar-refractivity contribution is 5.89. The number of aliphatic carboxylic acids is 1. The number of carboxylic acid groups (broad SMARTS) is 1. The number of benzene rings is 2. The second-order valence-corrected chi connectivity index (χ2v) is 10.2. The molecule has 0 spiro atoms. The van der Waals surface area contributed by atoms with Crippen molar-refractivity contribution in [3.05, 3.63) is 41.5 Å². The molecule has 1 saturated carbocycles. The number of ether oxygens (including phenoxy) is 1. The van der Waals surface area contributed by atoms with Crippen molar-refractivity contribution in [3.63, 3.8) is 0 Å². The van der Waals surface area contributed by atoms with E-state index in [0.717, 1.165) is 44.1 Å². The molecule has 7 heteroatoms. The van der Waals surface area contributed by atoms with E-state index < -0.39 is 17.7 Å². The maximum atomic E-state index is 14.4.